The van der Waals surface area contributed by atoms with Crippen molar-refractivity contribution < 1.29 is 9.84 Å². The van der Waals surface area contributed by atoms with Gasteiger partial charge in [0.25, 0.3) is 0 Å². The van der Waals surface area contributed by atoms with Gasteiger partial charge in [-0.05, 0) is 45.0 Å². The number of hydrogen-bond acceptors (Lipinski definition) is 3. The largest absolute Gasteiger partial charge is 0.491 e. The summed E-state index contributed by atoms with van der Waals surface area (Å²) in [5.41, 5.74) is 1.22. The molecule has 1 aromatic carbocycles. The van der Waals surface area contributed by atoms with E-state index < -0.39 is 6.10 Å². The lowest BCUT2D eigenvalue weighted by molar-refractivity contribution is 0.0617. The second-order valence-electron chi connectivity index (χ2n) is 5.14. The molecule has 0 aliphatic carbocycles. The Morgan fingerprint density at radius 1 is 1.16 bits per heavy atom. The molecular weight excluding hydrogens is 262 g/mol. The average Bonchev–Trinajstić information content (AvgIpc) is 2.39. The van der Waals surface area contributed by atoms with Gasteiger partial charge in [-0.1, -0.05) is 24.1 Å². The molecule has 1 unspecified atom stereocenters. The SMILES string of the molecule is Cc1ccc(OCC(O)CN2CCCCC2)cc1.Cl. The van der Waals surface area contributed by atoms with Gasteiger partial charge in [-0.25, -0.2) is 0 Å². The molecule has 4 heteroatoms. The quantitative estimate of drug-likeness (QED) is 0.903. The van der Waals surface area contributed by atoms with Gasteiger partial charge >= 0.3 is 0 Å². The molecule has 2 rings (SSSR count). The second kappa shape index (κ2) is 8.41. The highest BCUT2D eigenvalue weighted by molar-refractivity contribution is 5.85. The van der Waals surface area contributed by atoms with Crippen LogP contribution < -0.4 is 4.74 Å². The number of β-amino-alcohol motifs (C(OH)–C–C–N with tert-alkyl or cyclic N) is 1. The summed E-state index contributed by atoms with van der Waals surface area (Å²) in [5, 5.41) is 9.95. The molecule has 0 radical (unpaired) electrons. The summed E-state index contributed by atoms with van der Waals surface area (Å²) in [6.07, 6.45) is 3.44. The minimum Gasteiger partial charge on any atom is -0.491 e. The molecule has 1 aliphatic rings. The molecule has 1 aromatic rings. The van der Waals surface area contributed by atoms with Crippen LogP contribution in [0.2, 0.25) is 0 Å². The molecule has 1 saturated heterocycles. The van der Waals surface area contributed by atoms with E-state index in [9.17, 15) is 5.11 Å². The van der Waals surface area contributed by atoms with Gasteiger partial charge in [-0.15, -0.1) is 12.4 Å². The highest BCUT2D eigenvalue weighted by atomic mass is 35.5. The zero-order chi connectivity index (χ0) is 12.8. The second-order valence-corrected chi connectivity index (χ2v) is 5.14. The zero-order valence-corrected chi connectivity index (χ0v) is 12.4. The molecule has 0 spiro atoms. The third-order valence-electron chi connectivity index (χ3n) is 3.38. The van der Waals surface area contributed by atoms with Crippen LogP contribution in [0.25, 0.3) is 0 Å². The number of rotatable bonds is 5. The molecule has 1 aliphatic heterocycles. The lowest BCUT2D eigenvalue weighted by atomic mass is 10.1. The number of aliphatic hydroxyl groups excluding tert-OH is 1. The van der Waals surface area contributed by atoms with Crippen LogP contribution in [0.5, 0.6) is 5.75 Å². The fraction of sp³-hybridized carbons (Fsp3) is 0.600. The van der Waals surface area contributed by atoms with Crippen LogP contribution in [0.3, 0.4) is 0 Å². The normalized spacial score (nSPS) is 17.6. The summed E-state index contributed by atoms with van der Waals surface area (Å²) in [5.74, 6) is 0.832. The predicted octanol–water partition coefficient (Wildman–Crippen LogP) is 2.64. The number of likely N-dealkylation sites (tertiary alicyclic amines) is 1. The van der Waals surface area contributed by atoms with Crippen molar-refractivity contribution in [3.63, 3.8) is 0 Å². The van der Waals surface area contributed by atoms with Gasteiger partial charge in [-0.2, -0.15) is 0 Å². The number of halogens is 1. The van der Waals surface area contributed by atoms with Crippen molar-refractivity contribution in [3.8, 4) is 5.75 Å². The van der Waals surface area contributed by atoms with E-state index in [-0.39, 0.29) is 12.4 Å². The molecular formula is C15H24ClNO2. The standard InChI is InChI=1S/C15H23NO2.ClH/c1-13-5-7-15(8-6-13)18-12-14(17)11-16-9-3-2-4-10-16;/h5-8,14,17H,2-4,9-12H2,1H3;1H. The fourth-order valence-electron chi connectivity index (χ4n) is 2.32. The first-order valence-electron chi connectivity index (χ1n) is 6.84. The first-order valence-corrected chi connectivity index (χ1v) is 6.84. The van der Waals surface area contributed by atoms with E-state index in [1.165, 1.54) is 24.8 Å². The Morgan fingerprint density at radius 3 is 2.42 bits per heavy atom. The maximum Gasteiger partial charge on any atom is 0.119 e. The van der Waals surface area contributed by atoms with E-state index in [2.05, 4.69) is 11.8 Å². The molecule has 0 bridgehead atoms. The monoisotopic (exact) mass is 285 g/mol. The Labute approximate surface area is 122 Å². The summed E-state index contributed by atoms with van der Waals surface area (Å²) < 4.78 is 5.59. The first-order chi connectivity index (χ1) is 8.74. The number of benzene rings is 1. The van der Waals surface area contributed by atoms with E-state index in [0.29, 0.717) is 6.61 Å². The van der Waals surface area contributed by atoms with Gasteiger partial charge in [0.2, 0.25) is 0 Å². The minimum absolute atomic E-state index is 0. The summed E-state index contributed by atoms with van der Waals surface area (Å²) in [7, 11) is 0. The van der Waals surface area contributed by atoms with Gasteiger partial charge in [0, 0.05) is 6.54 Å². The zero-order valence-electron chi connectivity index (χ0n) is 11.5. The Hall–Kier alpha value is -0.770. The van der Waals surface area contributed by atoms with Crippen LogP contribution in [0.1, 0.15) is 24.8 Å². The molecule has 1 heterocycles. The van der Waals surface area contributed by atoms with Crippen LogP contribution in [0, 0.1) is 6.92 Å². The molecule has 0 saturated carbocycles. The molecule has 108 valence electrons. The van der Waals surface area contributed by atoms with E-state index in [4.69, 9.17) is 4.74 Å². The summed E-state index contributed by atoms with van der Waals surface area (Å²) in [4.78, 5) is 2.33. The van der Waals surface area contributed by atoms with Crippen molar-refractivity contribution in [2.45, 2.75) is 32.3 Å². The van der Waals surface area contributed by atoms with Gasteiger partial charge < -0.3 is 14.7 Å². The smallest absolute Gasteiger partial charge is 0.119 e. The Kier molecular flexibility index (Phi) is 7.21. The maximum atomic E-state index is 9.95. The van der Waals surface area contributed by atoms with Crippen molar-refractivity contribution in [1.29, 1.82) is 0 Å². The Balaban J connectivity index is 0.00000180. The third-order valence-corrected chi connectivity index (χ3v) is 3.38. The number of nitrogens with zero attached hydrogens (tertiary/aromatic N) is 1. The van der Waals surface area contributed by atoms with Crippen LogP contribution in [0.4, 0.5) is 0 Å². The molecule has 1 atom stereocenters. The summed E-state index contributed by atoms with van der Waals surface area (Å²) in [6.45, 7) is 5.38. The molecule has 3 nitrogen and oxygen atoms in total. The Bertz CT molecular complexity index is 350. The number of aliphatic hydroxyl groups is 1. The van der Waals surface area contributed by atoms with Crippen molar-refractivity contribution in [1.82, 2.24) is 4.90 Å². The highest BCUT2D eigenvalue weighted by Gasteiger charge is 2.14. The number of piperidine rings is 1. The first kappa shape index (κ1) is 16.3. The minimum atomic E-state index is -0.399. The fourth-order valence-corrected chi connectivity index (χ4v) is 2.32. The van der Waals surface area contributed by atoms with Gasteiger partial charge in [0.05, 0.1) is 0 Å². The van der Waals surface area contributed by atoms with Crippen LogP contribution in [-0.4, -0.2) is 42.4 Å². The van der Waals surface area contributed by atoms with Crippen molar-refractivity contribution in [3.05, 3.63) is 29.8 Å². The molecule has 0 aromatic heterocycles. The number of ether oxygens (including phenoxy) is 1. The van der Waals surface area contributed by atoms with E-state index in [1.54, 1.807) is 0 Å². The average molecular weight is 286 g/mol. The molecule has 19 heavy (non-hydrogen) atoms. The van der Waals surface area contributed by atoms with Crippen molar-refractivity contribution in [2.75, 3.05) is 26.2 Å². The lowest BCUT2D eigenvalue weighted by Crippen LogP contribution is -2.38. The topological polar surface area (TPSA) is 32.7 Å². The number of hydrogen-bond donors (Lipinski definition) is 1. The van der Waals surface area contributed by atoms with E-state index >= 15 is 0 Å². The summed E-state index contributed by atoms with van der Waals surface area (Å²) in [6, 6.07) is 7.94. The van der Waals surface area contributed by atoms with Crippen LogP contribution in [-0.2, 0) is 0 Å². The van der Waals surface area contributed by atoms with E-state index in [0.717, 1.165) is 25.4 Å². The van der Waals surface area contributed by atoms with Crippen molar-refractivity contribution >= 4 is 12.4 Å². The van der Waals surface area contributed by atoms with Crippen molar-refractivity contribution in [2.24, 2.45) is 0 Å². The molecule has 1 fully saturated rings. The van der Waals surface area contributed by atoms with Crippen LogP contribution >= 0.6 is 12.4 Å². The predicted molar refractivity (Wildman–Crippen MR) is 80.2 cm³/mol. The van der Waals surface area contributed by atoms with Crippen LogP contribution in [0.15, 0.2) is 24.3 Å². The maximum absolute atomic E-state index is 9.95. The van der Waals surface area contributed by atoms with Gasteiger partial charge in [0.1, 0.15) is 18.5 Å². The number of aryl methyl sites for hydroxylation is 1. The van der Waals surface area contributed by atoms with Gasteiger partial charge in [0.15, 0.2) is 0 Å². The van der Waals surface area contributed by atoms with E-state index in [1.807, 2.05) is 24.3 Å². The highest BCUT2D eigenvalue weighted by Crippen LogP contribution is 2.12. The molecule has 1 N–H and O–H groups in total. The molecule has 0 amide bonds. The van der Waals surface area contributed by atoms with Gasteiger partial charge in [-0.3, -0.25) is 0 Å². The Morgan fingerprint density at radius 2 is 1.79 bits per heavy atom. The lowest BCUT2D eigenvalue weighted by Gasteiger charge is -2.28. The third kappa shape index (κ3) is 5.81. The summed E-state index contributed by atoms with van der Waals surface area (Å²) >= 11 is 0.